The van der Waals surface area contributed by atoms with Crippen LogP contribution in [0.1, 0.15) is 79.5 Å². The number of rotatable bonds is 5. The van der Waals surface area contributed by atoms with Crippen molar-refractivity contribution >= 4 is 23.8 Å². The lowest BCUT2D eigenvalue weighted by atomic mass is 9.50. The first kappa shape index (κ1) is 23.9. The average molecular weight is 477 g/mol. The molecule has 2 saturated carbocycles. The first-order valence-electron chi connectivity index (χ1n) is 12.5. The van der Waals surface area contributed by atoms with Crippen LogP contribution in [0.25, 0.3) is 0 Å². The second kappa shape index (κ2) is 8.37. The Labute approximate surface area is 205 Å². The van der Waals surface area contributed by atoms with E-state index in [2.05, 4.69) is 13.0 Å². The number of fused-ring (bicyclic) bond motifs is 5. The van der Waals surface area contributed by atoms with Gasteiger partial charge in [0.05, 0.1) is 5.56 Å². The molecule has 0 amide bonds. The van der Waals surface area contributed by atoms with Crippen LogP contribution in [0.5, 0.6) is 0 Å². The fourth-order valence-corrected chi connectivity index (χ4v) is 7.36. The molecule has 0 aliphatic heterocycles. The number of aldehydes is 1. The molecule has 1 aromatic carbocycles. The molecule has 184 valence electrons. The van der Waals surface area contributed by atoms with Crippen LogP contribution in [0.3, 0.4) is 0 Å². The van der Waals surface area contributed by atoms with E-state index < -0.39 is 29.4 Å². The predicted octanol–water partition coefficient (Wildman–Crippen LogP) is 4.41. The molecule has 2 fully saturated rings. The van der Waals surface area contributed by atoms with Gasteiger partial charge in [0.2, 0.25) is 5.78 Å². The van der Waals surface area contributed by atoms with Crippen LogP contribution in [-0.2, 0) is 14.3 Å². The molecule has 0 aromatic heterocycles. The van der Waals surface area contributed by atoms with Gasteiger partial charge in [0.25, 0.3) is 0 Å². The van der Waals surface area contributed by atoms with Gasteiger partial charge in [-0.3, -0.25) is 14.4 Å². The van der Waals surface area contributed by atoms with Crippen molar-refractivity contribution in [3.63, 3.8) is 0 Å². The van der Waals surface area contributed by atoms with E-state index in [9.17, 15) is 24.3 Å². The van der Waals surface area contributed by atoms with Gasteiger partial charge < -0.3 is 9.84 Å². The molecule has 0 bridgehead atoms. The van der Waals surface area contributed by atoms with Gasteiger partial charge in [0.1, 0.15) is 11.9 Å². The minimum Gasteiger partial charge on any atom is -0.454 e. The quantitative estimate of drug-likeness (QED) is 0.384. The number of aliphatic hydroxyl groups is 1. The minimum absolute atomic E-state index is 0.0994. The SMILES string of the molecule is CC12CCC(=O)C=C1CC[C@@H]1C2=CCC2(C)[C@H]1CC[C@]2(O)C(=O)COC(=O)c1ccc(C=O)cc1. The Morgan fingerprint density at radius 2 is 1.86 bits per heavy atom. The average Bonchev–Trinajstić information content (AvgIpc) is 3.14. The molecule has 0 spiro atoms. The molecule has 1 aromatic rings. The summed E-state index contributed by atoms with van der Waals surface area (Å²) in [5.74, 6) is -0.449. The van der Waals surface area contributed by atoms with Gasteiger partial charge in [-0.05, 0) is 68.6 Å². The topological polar surface area (TPSA) is 97.7 Å². The molecular formula is C29H32O6. The fourth-order valence-electron chi connectivity index (χ4n) is 7.36. The second-order valence-electron chi connectivity index (χ2n) is 11.1. The number of Topliss-reactive ketones (excluding diaryl/α,β-unsaturated/α-hetero) is 1. The number of carbonyl (C=O) groups excluding carboxylic acids is 4. The highest BCUT2D eigenvalue weighted by atomic mass is 16.5. The number of hydrogen-bond donors (Lipinski definition) is 1. The first-order valence-corrected chi connectivity index (χ1v) is 12.5. The van der Waals surface area contributed by atoms with E-state index in [1.807, 2.05) is 13.0 Å². The highest BCUT2D eigenvalue weighted by molar-refractivity contribution is 5.95. The summed E-state index contributed by atoms with van der Waals surface area (Å²) in [6.45, 7) is 3.77. The van der Waals surface area contributed by atoms with Crippen LogP contribution < -0.4 is 0 Å². The highest BCUT2D eigenvalue weighted by Gasteiger charge is 2.64. The van der Waals surface area contributed by atoms with E-state index in [1.54, 1.807) is 0 Å². The van der Waals surface area contributed by atoms with Crippen LogP contribution in [-0.4, -0.2) is 41.1 Å². The third-order valence-electron chi connectivity index (χ3n) is 9.57. The Hall–Kier alpha value is -2.86. The van der Waals surface area contributed by atoms with Crippen LogP contribution in [0.15, 0.2) is 47.6 Å². The van der Waals surface area contributed by atoms with E-state index in [4.69, 9.17) is 4.74 Å². The lowest BCUT2D eigenvalue weighted by Gasteiger charge is -2.54. The molecule has 6 nitrogen and oxygen atoms in total. The zero-order valence-electron chi connectivity index (χ0n) is 20.3. The van der Waals surface area contributed by atoms with Crippen molar-refractivity contribution in [2.45, 2.75) is 64.4 Å². The number of ether oxygens (including phenoxy) is 1. The highest BCUT2D eigenvalue weighted by Crippen LogP contribution is 2.65. The molecular weight excluding hydrogens is 444 g/mol. The van der Waals surface area contributed by atoms with E-state index >= 15 is 0 Å². The third kappa shape index (κ3) is 3.56. The molecule has 4 aliphatic carbocycles. The molecule has 35 heavy (non-hydrogen) atoms. The maximum Gasteiger partial charge on any atom is 0.338 e. The maximum absolute atomic E-state index is 13.3. The van der Waals surface area contributed by atoms with E-state index in [0.29, 0.717) is 31.1 Å². The van der Waals surface area contributed by atoms with Crippen molar-refractivity contribution in [3.8, 4) is 0 Å². The number of hydrogen-bond acceptors (Lipinski definition) is 6. The lowest BCUT2D eigenvalue weighted by molar-refractivity contribution is -0.155. The van der Waals surface area contributed by atoms with Gasteiger partial charge >= 0.3 is 5.97 Å². The van der Waals surface area contributed by atoms with Gasteiger partial charge in [0, 0.05) is 22.8 Å². The van der Waals surface area contributed by atoms with Crippen molar-refractivity contribution in [1.82, 2.24) is 0 Å². The van der Waals surface area contributed by atoms with Gasteiger partial charge in [-0.1, -0.05) is 43.2 Å². The fraction of sp³-hybridized carbons (Fsp3) is 0.517. The Kier molecular flexibility index (Phi) is 5.71. The molecule has 6 heteroatoms. The zero-order valence-corrected chi connectivity index (χ0v) is 20.3. The number of allylic oxidation sites excluding steroid dienone is 4. The van der Waals surface area contributed by atoms with Gasteiger partial charge in [-0.25, -0.2) is 4.79 Å². The van der Waals surface area contributed by atoms with Crippen molar-refractivity contribution < 1.29 is 29.0 Å². The van der Waals surface area contributed by atoms with Crippen LogP contribution >= 0.6 is 0 Å². The predicted molar refractivity (Wildman–Crippen MR) is 129 cm³/mol. The molecule has 1 N–H and O–H groups in total. The van der Waals surface area contributed by atoms with Crippen molar-refractivity contribution in [3.05, 3.63) is 58.7 Å². The monoisotopic (exact) mass is 476 g/mol. The summed E-state index contributed by atoms with van der Waals surface area (Å²) in [5.41, 5.74) is 1.03. The minimum atomic E-state index is -1.55. The summed E-state index contributed by atoms with van der Waals surface area (Å²) < 4.78 is 5.28. The summed E-state index contributed by atoms with van der Waals surface area (Å²) in [6.07, 6.45) is 9.66. The number of carbonyl (C=O) groups is 4. The second-order valence-corrected chi connectivity index (χ2v) is 11.1. The van der Waals surface area contributed by atoms with E-state index in [-0.39, 0.29) is 28.6 Å². The van der Waals surface area contributed by atoms with Gasteiger partial charge in [-0.15, -0.1) is 0 Å². The number of esters is 1. The van der Waals surface area contributed by atoms with E-state index in [1.165, 1.54) is 35.4 Å². The Balaban J connectivity index is 1.34. The largest absolute Gasteiger partial charge is 0.454 e. The standard InChI is InChI=1S/C29H32O6/c1-27-12-9-21(31)15-20(27)7-8-22-23(27)10-13-28(2)24(22)11-14-29(28,34)25(32)17-35-26(33)19-5-3-18(16-30)4-6-19/h3-6,10,15-16,22,24,34H,7-9,11-14,17H2,1-2H3/t22-,24+,27?,28?,29+/m1/s1. The Morgan fingerprint density at radius 1 is 1.11 bits per heavy atom. The molecule has 5 rings (SSSR count). The van der Waals surface area contributed by atoms with Crippen molar-refractivity contribution in [1.29, 1.82) is 0 Å². The van der Waals surface area contributed by atoms with Crippen molar-refractivity contribution in [2.24, 2.45) is 22.7 Å². The summed E-state index contributed by atoms with van der Waals surface area (Å²) in [4.78, 5) is 48.6. The van der Waals surface area contributed by atoms with E-state index in [0.717, 1.165) is 25.7 Å². The third-order valence-corrected chi connectivity index (χ3v) is 9.57. The number of ketones is 2. The summed E-state index contributed by atoms with van der Waals surface area (Å²) in [7, 11) is 0. The molecule has 2 unspecified atom stereocenters. The van der Waals surface area contributed by atoms with Crippen LogP contribution in [0.4, 0.5) is 0 Å². The molecule has 0 saturated heterocycles. The summed E-state index contributed by atoms with van der Waals surface area (Å²) in [5, 5.41) is 11.7. The Morgan fingerprint density at radius 3 is 2.57 bits per heavy atom. The van der Waals surface area contributed by atoms with Gasteiger partial charge in [-0.2, -0.15) is 0 Å². The molecule has 5 atom stereocenters. The van der Waals surface area contributed by atoms with Crippen LogP contribution in [0.2, 0.25) is 0 Å². The molecule has 4 aliphatic rings. The first-order chi connectivity index (χ1) is 16.6. The number of benzene rings is 1. The summed E-state index contributed by atoms with van der Waals surface area (Å²) in [6, 6.07) is 6.00. The van der Waals surface area contributed by atoms with Crippen LogP contribution in [0, 0.1) is 22.7 Å². The zero-order chi connectivity index (χ0) is 25.0. The maximum atomic E-state index is 13.3. The lowest BCUT2D eigenvalue weighted by Crippen LogP contribution is -2.55. The summed E-state index contributed by atoms with van der Waals surface area (Å²) >= 11 is 0. The Bertz CT molecular complexity index is 1160. The normalized spacial score (nSPS) is 35.7. The van der Waals surface area contributed by atoms with Crippen molar-refractivity contribution in [2.75, 3.05) is 6.61 Å². The van der Waals surface area contributed by atoms with Gasteiger partial charge in [0.15, 0.2) is 12.4 Å². The molecule has 0 radical (unpaired) electrons. The molecule has 0 heterocycles. The smallest absolute Gasteiger partial charge is 0.338 e.